The van der Waals surface area contributed by atoms with E-state index in [0.29, 0.717) is 12.1 Å². The molecule has 3 atom stereocenters. The first-order valence-corrected chi connectivity index (χ1v) is 8.91. The summed E-state index contributed by atoms with van der Waals surface area (Å²) >= 11 is 1.79. The topological polar surface area (TPSA) is 28.2 Å². The maximum absolute atomic E-state index is 4.85. The number of rotatable bonds is 6. The van der Waals surface area contributed by atoms with E-state index in [4.69, 9.17) is 4.98 Å². The Balaban J connectivity index is 1.96. The van der Waals surface area contributed by atoms with Gasteiger partial charge in [0.25, 0.3) is 0 Å². The van der Waals surface area contributed by atoms with Crippen LogP contribution in [-0.4, -0.2) is 24.6 Å². The molecule has 0 aromatic carbocycles. The molecule has 1 aliphatic carbocycles. The zero-order valence-corrected chi connectivity index (χ0v) is 14.2. The Labute approximate surface area is 127 Å². The van der Waals surface area contributed by atoms with Crippen LogP contribution < -0.4 is 10.2 Å². The molecule has 0 radical (unpaired) electrons. The first-order chi connectivity index (χ1) is 9.61. The molecule has 1 aromatic rings. The smallest absolute Gasteiger partial charge is 0.185 e. The molecule has 0 spiro atoms. The summed E-state index contributed by atoms with van der Waals surface area (Å²) in [6.07, 6.45) is 6.56. The van der Waals surface area contributed by atoms with E-state index in [1.807, 2.05) is 0 Å². The fourth-order valence-electron chi connectivity index (χ4n) is 3.01. The van der Waals surface area contributed by atoms with Crippen molar-refractivity contribution in [1.82, 2.24) is 10.3 Å². The van der Waals surface area contributed by atoms with E-state index in [0.717, 1.165) is 12.5 Å². The number of hydrogen-bond acceptors (Lipinski definition) is 4. The van der Waals surface area contributed by atoms with Crippen molar-refractivity contribution >= 4 is 16.5 Å². The SMILES string of the molecule is CCCNC(C)c1csc(N(C)C2CCCC(C)C2)n1. The van der Waals surface area contributed by atoms with Gasteiger partial charge in [-0.15, -0.1) is 11.3 Å². The summed E-state index contributed by atoms with van der Waals surface area (Å²) in [7, 11) is 2.22. The molecule has 1 aromatic heterocycles. The van der Waals surface area contributed by atoms with Gasteiger partial charge >= 0.3 is 0 Å². The lowest BCUT2D eigenvalue weighted by atomic mass is 9.86. The fraction of sp³-hybridized carbons (Fsp3) is 0.812. The van der Waals surface area contributed by atoms with Crippen LogP contribution >= 0.6 is 11.3 Å². The van der Waals surface area contributed by atoms with Crippen molar-refractivity contribution in [3.63, 3.8) is 0 Å². The van der Waals surface area contributed by atoms with Gasteiger partial charge in [-0.25, -0.2) is 4.98 Å². The highest BCUT2D eigenvalue weighted by molar-refractivity contribution is 7.13. The van der Waals surface area contributed by atoms with Crippen molar-refractivity contribution in [2.75, 3.05) is 18.5 Å². The molecule has 4 heteroatoms. The molecule has 1 heterocycles. The third-order valence-electron chi connectivity index (χ3n) is 4.41. The number of thiazole rings is 1. The molecule has 20 heavy (non-hydrogen) atoms. The molecule has 114 valence electrons. The molecule has 0 bridgehead atoms. The van der Waals surface area contributed by atoms with Crippen LogP contribution in [0.1, 0.15) is 64.6 Å². The van der Waals surface area contributed by atoms with Gasteiger partial charge in [-0.05, 0) is 38.6 Å². The van der Waals surface area contributed by atoms with Crippen LogP contribution in [0, 0.1) is 5.92 Å². The normalized spacial score (nSPS) is 24.6. The van der Waals surface area contributed by atoms with E-state index < -0.39 is 0 Å². The second-order valence-corrected chi connectivity index (χ2v) is 7.10. The Bertz CT molecular complexity index is 404. The maximum Gasteiger partial charge on any atom is 0.185 e. The van der Waals surface area contributed by atoms with Gasteiger partial charge in [-0.1, -0.05) is 26.7 Å². The van der Waals surface area contributed by atoms with Gasteiger partial charge in [0, 0.05) is 24.5 Å². The van der Waals surface area contributed by atoms with Crippen molar-refractivity contribution in [3.05, 3.63) is 11.1 Å². The van der Waals surface area contributed by atoms with Crippen LogP contribution in [-0.2, 0) is 0 Å². The molecule has 3 unspecified atom stereocenters. The number of anilines is 1. The second kappa shape index (κ2) is 7.41. The monoisotopic (exact) mass is 295 g/mol. The van der Waals surface area contributed by atoms with Gasteiger partial charge < -0.3 is 10.2 Å². The standard InChI is InChI=1S/C16H29N3S/c1-5-9-17-13(3)15-11-20-16(18-15)19(4)14-8-6-7-12(2)10-14/h11-14,17H,5-10H2,1-4H3. The van der Waals surface area contributed by atoms with Crippen molar-refractivity contribution in [1.29, 1.82) is 0 Å². The summed E-state index contributed by atoms with van der Waals surface area (Å²) in [5, 5.41) is 6.91. The van der Waals surface area contributed by atoms with Gasteiger partial charge in [-0.2, -0.15) is 0 Å². The summed E-state index contributed by atoms with van der Waals surface area (Å²) < 4.78 is 0. The van der Waals surface area contributed by atoms with Gasteiger partial charge in [0.05, 0.1) is 5.69 Å². The molecule has 1 saturated carbocycles. The summed E-state index contributed by atoms with van der Waals surface area (Å²) in [6.45, 7) is 7.84. The molecule has 2 rings (SSSR count). The zero-order chi connectivity index (χ0) is 14.5. The highest BCUT2D eigenvalue weighted by Gasteiger charge is 2.24. The van der Waals surface area contributed by atoms with Gasteiger partial charge in [0.1, 0.15) is 0 Å². The Kier molecular flexibility index (Phi) is 5.85. The predicted molar refractivity (Wildman–Crippen MR) is 88.6 cm³/mol. The number of aromatic nitrogens is 1. The van der Waals surface area contributed by atoms with Gasteiger partial charge in [0.2, 0.25) is 0 Å². The van der Waals surface area contributed by atoms with Gasteiger partial charge in [0.15, 0.2) is 5.13 Å². The molecular formula is C16H29N3S. The Hall–Kier alpha value is -0.610. The van der Waals surface area contributed by atoms with Crippen molar-refractivity contribution in [2.45, 2.75) is 65.0 Å². The summed E-state index contributed by atoms with van der Waals surface area (Å²) in [5.74, 6) is 0.862. The minimum Gasteiger partial charge on any atom is -0.348 e. The van der Waals surface area contributed by atoms with Crippen LogP contribution in [0.25, 0.3) is 0 Å². The minimum atomic E-state index is 0.360. The highest BCUT2D eigenvalue weighted by atomic mass is 32.1. The molecule has 0 saturated heterocycles. The van der Waals surface area contributed by atoms with E-state index in [-0.39, 0.29) is 0 Å². The molecule has 1 N–H and O–H groups in total. The lowest BCUT2D eigenvalue weighted by Gasteiger charge is -2.34. The van der Waals surface area contributed by atoms with E-state index in [2.05, 4.69) is 43.4 Å². The molecule has 1 aliphatic rings. The third-order valence-corrected chi connectivity index (χ3v) is 5.36. The van der Waals surface area contributed by atoms with Crippen LogP contribution in [0.15, 0.2) is 5.38 Å². The average Bonchev–Trinajstić information content (AvgIpc) is 2.93. The Morgan fingerprint density at radius 3 is 3.00 bits per heavy atom. The maximum atomic E-state index is 4.85. The lowest BCUT2D eigenvalue weighted by molar-refractivity contribution is 0.336. The number of nitrogens with one attached hydrogen (secondary N) is 1. The largest absolute Gasteiger partial charge is 0.348 e. The minimum absolute atomic E-state index is 0.360. The first-order valence-electron chi connectivity index (χ1n) is 8.03. The van der Waals surface area contributed by atoms with Crippen molar-refractivity contribution < 1.29 is 0 Å². The fourth-order valence-corrected chi connectivity index (χ4v) is 3.97. The summed E-state index contributed by atoms with van der Waals surface area (Å²) in [6, 6.07) is 1.04. The summed E-state index contributed by atoms with van der Waals surface area (Å²) in [4.78, 5) is 7.26. The van der Waals surface area contributed by atoms with Crippen LogP contribution in [0.4, 0.5) is 5.13 Å². The Morgan fingerprint density at radius 2 is 2.30 bits per heavy atom. The second-order valence-electron chi connectivity index (χ2n) is 6.27. The molecule has 0 aliphatic heterocycles. The highest BCUT2D eigenvalue weighted by Crippen LogP contribution is 2.31. The third kappa shape index (κ3) is 3.95. The van der Waals surface area contributed by atoms with Crippen LogP contribution in [0.2, 0.25) is 0 Å². The zero-order valence-electron chi connectivity index (χ0n) is 13.4. The van der Waals surface area contributed by atoms with E-state index >= 15 is 0 Å². The van der Waals surface area contributed by atoms with Crippen LogP contribution in [0.3, 0.4) is 0 Å². The molecule has 3 nitrogen and oxygen atoms in total. The van der Waals surface area contributed by atoms with Crippen molar-refractivity contribution in [2.24, 2.45) is 5.92 Å². The average molecular weight is 295 g/mol. The van der Waals surface area contributed by atoms with Crippen molar-refractivity contribution in [3.8, 4) is 0 Å². The number of nitrogens with zero attached hydrogens (tertiary/aromatic N) is 2. The predicted octanol–water partition coefficient (Wildman–Crippen LogP) is 4.22. The number of hydrogen-bond donors (Lipinski definition) is 1. The van der Waals surface area contributed by atoms with Crippen LogP contribution in [0.5, 0.6) is 0 Å². The van der Waals surface area contributed by atoms with E-state index in [9.17, 15) is 0 Å². The summed E-state index contributed by atoms with van der Waals surface area (Å²) in [5.41, 5.74) is 1.19. The lowest BCUT2D eigenvalue weighted by Crippen LogP contribution is -2.35. The van der Waals surface area contributed by atoms with Gasteiger partial charge in [-0.3, -0.25) is 0 Å². The molecule has 1 fully saturated rings. The molecular weight excluding hydrogens is 266 g/mol. The van der Waals surface area contributed by atoms with E-state index in [1.165, 1.54) is 42.9 Å². The first kappa shape index (κ1) is 15.8. The quantitative estimate of drug-likeness (QED) is 0.851. The molecule has 0 amide bonds. The Morgan fingerprint density at radius 1 is 1.50 bits per heavy atom. The van der Waals surface area contributed by atoms with E-state index in [1.54, 1.807) is 11.3 Å².